The second kappa shape index (κ2) is 6.13. The van der Waals surface area contributed by atoms with Crippen LogP contribution < -0.4 is 0 Å². The Morgan fingerprint density at radius 2 is 2.12 bits per heavy atom. The molecule has 0 aromatic carbocycles. The Labute approximate surface area is 100 Å². The Kier molecular flexibility index (Phi) is 4.24. The maximum atomic E-state index is 12.8. The highest BCUT2D eigenvalue weighted by Gasteiger charge is 1.97. The molecule has 0 radical (unpaired) electrons. The van der Waals surface area contributed by atoms with Gasteiger partial charge in [-0.1, -0.05) is 6.42 Å². The number of halogens is 1. The number of unbranched alkanes of at least 4 members (excludes halogenated alkanes) is 2. The van der Waals surface area contributed by atoms with Crippen LogP contribution in [0.3, 0.4) is 0 Å². The van der Waals surface area contributed by atoms with E-state index in [2.05, 4.69) is 14.5 Å². The van der Waals surface area contributed by atoms with Crippen LogP contribution >= 0.6 is 0 Å². The van der Waals surface area contributed by atoms with Crippen molar-refractivity contribution < 1.29 is 4.39 Å². The van der Waals surface area contributed by atoms with Crippen molar-refractivity contribution in [3.8, 4) is 0 Å². The lowest BCUT2D eigenvalue weighted by molar-refractivity contribution is 0.572. The van der Waals surface area contributed by atoms with Crippen LogP contribution in [0.4, 0.5) is 4.39 Å². The first kappa shape index (κ1) is 11.8. The summed E-state index contributed by atoms with van der Waals surface area (Å²) in [5.41, 5.74) is 1.03. The molecule has 0 saturated carbocycles. The molecule has 2 rings (SSSR count). The highest BCUT2D eigenvalue weighted by molar-refractivity contribution is 5.10. The minimum Gasteiger partial charge on any atom is -0.337 e. The van der Waals surface area contributed by atoms with Crippen LogP contribution in [0.5, 0.6) is 0 Å². The molecule has 2 heterocycles. The number of aryl methyl sites for hydroxylation is 2. The molecule has 0 bridgehead atoms. The van der Waals surface area contributed by atoms with E-state index in [0.29, 0.717) is 0 Å². The SMILES string of the molecule is Fc1cc(CCCCCn2ccnc2)ccn1. The van der Waals surface area contributed by atoms with Crippen LogP contribution in [0, 0.1) is 5.95 Å². The van der Waals surface area contributed by atoms with Crippen LogP contribution in [0.25, 0.3) is 0 Å². The lowest BCUT2D eigenvalue weighted by Gasteiger charge is -2.03. The Balaban J connectivity index is 1.63. The second-order valence-corrected chi connectivity index (χ2v) is 4.10. The van der Waals surface area contributed by atoms with Crippen molar-refractivity contribution >= 4 is 0 Å². The fraction of sp³-hybridized carbons (Fsp3) is 0.385. The first-order chi connectivity index (χ1) is 8.34. The summed E-state index contributed by atoms with van der Waals surface area (Å²) < 4.78 is 14.9. The van der Waals surface area contributed by atoms with Crippen LogP contribution in [0.1, 0.15) is 24.8 Å². The second-order valence-electron chi connectivity index (χ2n) is 4.10. The van der Waals surface area contributed by atoms with E-state index < -0.39 is 0 Å². The van der Waals surface area contributed by atoms with Crippen molar-refractivity contribution in [1.29, 1.82) is 0 Å². The fourth-order valence-corrected chi connectivity index (χ4v) is 1.82. The van der Waals surface area contributed by atoms with Crippen LogP contribution in [0.2, 0.25) is 0 Å². The van der Waals surface area contributed by atoms with Crippen LogP contribution in [-0.2, 0) is 13.0 Å². The molecule has 0 unspecified atom stereocenters. The molecule has 3 nitrogen and oxygen atoms in total. The predicted molar refractivity (Wildman–Crippen MR) is 64.0 cm³/mol. The molecule has 0 aliphatic rings. The van der Waals surface area contributed by atoms with Gasteiger partial charge in [0.2, 0.25) is 5.95 Å². The van der Waals surface area contributed by atoms with Crippen molar-refractivity contribution in [2.75, 3.05) is 0 Å². The lowest BCUT2D eigenvalue weighted by Crippen LogP contribution is -1.95. The Hall–Kier alpha value is -1.71. The van der Waals surface area contributed by atoms with Gasteiger partial charge in [-0.3, -0.25) is 0 Å². The molecule has 0 aliphatic heterocycles. The van der Waals surface area contributed by atoms with Gasteiger partial charge in [-0.15, -0.1) is 0 Å². The molecule has 0 saturated heterocycles. The molecule has 2 aromatic rings. The van der Waals surface area contributed by atoms with Gasteiger partial charge in [0.25, 0.3) is 0 Å². The molecule has 2 aromatic heterocycles. The third kappa shape index (κ3) is 3.98. The minimum absolute atomic E-state index is 0.388. The summed E-state index contributed by atoms with van der Waals surface area (Å²) in [6.45, 7) is 1.00. The summed E-state index contributed by atoms with van der Waals surface area (Å²) >= 11 is 0. The summed E-state index contributed by atoms with van der Waals surface area (Å²) in [6, 6.07) is 3.38. The zero-order valence-corrected chi connectivity index (χ0v) is 9.72. The van der Waals surface area contributed by atoms with Crippen LogP contribution in [-0.4, -0.2) is 14.5 Å². The van der Waals surface area contributed by atoms with Gasteiger partial charge >= 0.3 is 0 Å². The number of hydrogen-bond donors (Lipinski definition) is 0. The smallest absolute Gasteiger partial charge is 0.213 e. The highest BCUT2D eigenvalue weighted by atomic mass is 19.1. The Bertz CT molecular complexity index is 440. The van der Waals surface area contributed by atoms with E-state index in [9.17, 15) is 4.39 Å². The average molecular weight is 233 g/mol. The largest absolute Gasteiger partial charge is 0.337 e. The summed E-state index contributed by atoms with van der Waals surface area (Å²) in [4.78, 5) is 7.53. The third-order valence-electron chi connectivity index (χ3n) is 2.73. The number of pyridine rings is 1. The molecule has 4 heteroatoms. The number of aromatic nitrogens is 3. The van der Waals surface area contributed by atoms with Gasteiger partial charge in [0.15, 0.2) is 0 Å². The normalized spacial score (nSPS) is 10.6. The fourth-order valence-electron chi connectivity index (χ4n) is 1.82. The van der Waals surface area contributed by atoms with Crippen molar-refractivity contribution in [3.63, 3.8) is 0 Å². The molecular weight excluding hydrogens is 217 g/mol. The molecule has 90 valence electrons. The van der Waals surface area contributed by atoms with Gasteiger partial charge in [-0.05, 0) is 37.0 Å². The average Bonchev–Trinajstić information content (AvgIpc) is 2.82. The third-order valence-corrected chi connectivity index (χ3v) is 2.73. The monoisotopic (exact) mass is 233 g/mol. The quantitative estimate of drug-likeness (QED) is 0.567. The molecule has 0 fully saturated rings. The van der Waals surface area contributed by atoms with Crippen molar-refractivity contribution in [3.05, 3.63) is 48.6 Å². The summed E-state index contributed by atoms with van der Waals surface area (Å²) in [7, 11) is 0. The van der Waals surface area contributed by atoms with Gasteiger partial charge in [0, 0.05) is 25.1 Å². The highest BCUT2D eigenvalue weighted by Crippen LogP contribution is 2.07. The molecule has 0 aliphatic carbocycles. The van der Waals surface area contributed by atoms with Gasteiger partial charge in [0.05, 0.1) is 6.33 Å². The summed E-state index contributed by atoms with van der Waals surface area (Å²) in [6.07, 6.45) is 11.4. The van der Waals surface area contributed by atoms with E-state index in [-0.39, 0.29) is 5.95 Å². The van der Waals surface area contributed by atoms with E-state index in [1.807, 2.05) is 18.6 Å². The van der Waals surface area contributed by atoms with E-state index >= 15 is 0 Å². The molecule has 0 atom stereocenters. The van der Waals surface area contributed by atoms with Crippen molar-refractivity contribution in [1.82, 2.24) is 14.5 Å². The number of imidazole rings is 1. The van der Waals surface area contributed by atoms with Gasteiger partial charge in [-0.25, -0.2) is 9.97 Å². The first-order valence-electron chi connectivity index (χ1n) is 5.91. The van der Waals surface area contributed by atoms with Gasteiger partial charge in [-0.2, -0.15) is 4.39 Å². The van der Waals surface area contributed by atoms with E-state index in [4.69, 9.17) is 0 Å². The minimum atomic E-state index is -0.388. The molecule has 0 spiro atoms. The first-order valence-corrected chi connectivity index (χ1v) is 5.91. The van der Waals surface area contributed by atoms with Crippen molar-refractivity contribution in [2.24, 2.45) is 0 Å². The number of nitrogens with zero attached hydrogens (tertiary/aromatic N) is 3. The maximum absolute atomic E-state index is 12.8. The standard InChI is InChI=1S/C13H16FN3/c14-13-10-12(5-6-16-13)4-2-1-3-8-17-9-7-15-11-17/h5-7,9-11H,1-4,8H2. The van der Waals surface area contributed by atoms with E-state index in [1.165, 1.54) is 12.3 Å². The maximum Gasteiger partial charge on any atom is 0.213 e. The Morgan fingerprint density at radius 1 is 1.18 bits per heavy atom. The predicted octanol–water partition coefficient (Wildman–Crippen LogP) is 2.83. The zero-order chi connectivity index (χ0) is 11.9. The van der Waals surface area contributed by atoms with Crippen LogP contribution in [0.15, 0.2) is 37.1 Å². The summed E-state index contributed by atoms with van der Waals surface area (Å²) in [5, 5.41) is 0. The van der Waals surface area contributed by atoms with Crippen molar-refractivity contribution in [2.45, 2.75) is 32.2 Å². The van der Waals surface area contributed by atoms with E-state index in [0.717, 1.165) is 37.8 Å². The zero-order valence-electron chi connectivity index (χ0n) is 9.72. The van der Waals surface area contributed by atoms with Gasteiger partial charge in [0.1, 0.15) is 0 Å². The lowest BCUT2D eigenvalue weighted by atomic mass is 10.1. The molecule has 17 heavy (non-hydrogen) atoms. The van der Waals surface area contributed by atoms with E-state index in [1.54, 1.807) is 6.20 Å². The summed E-state index contributed by atoms with van der Waals surface area (Å²) in [5.74, 6) is -0.388. The topological polar surface area (TPSA) is 30.7 Å². The molecule has 0 N–H and O–H groups in total. The number of rotatable bonds is 6. The molecule has 0 amide bonds. The molecular formula is C13H16FN3. The Morgan fingerprint density at radius 3 is 2.88 bits per heavy atom. The van der Waals surface area contributed by atoms with Gasteiger partial charge < -0.3 is 4.57 Å². The number of hydrogen-bond acceptors (Lipinski definition) is 2.